The molecule has 0 heterocycles. The number of halogens is 2. The smallest absolute Gasteiger partial charge is 0.0491 e. The van der Waals surface area contributed by atoms with Gasteiger partial charge in [-0.15, -0.1) is 24.8 Å². The highest BCUT2D eigenvalue weighted by Crippen LogP contribution is 2.25. The van der Waals surface area contributed by atoms with Gasteiger partial charge in [0.25, 0.3) is 0 Å². The van der Waals surface area contributed by atoms with Gasteiger partial charge in [0, 0.05) is 39.5 Å². The van der Waals surface area contributed by atoms with Crippen LogP contribution in [0.3, 0.4) is 0 Å². The van der Waals surface area contributed by atoms with Crippen LogP contribution in [0, 0.1) is 11.8 Å². The Kier molecular flexibility index (Phi) is 13.0. The van der Waals surface area contributed by atoms with E-state index in [-0.39, 0.29) is 24.8 Å². The van der Waals surface area contributed by atoms with Crippen molar-refractivity contribution in [2.24, 2.45) is 23.3 Å². The van der Waals surface area contributed by atoms with Gasteiger partial charge in [0.2, 0.25) is 0 Å². The van der Waals surface area contributed by atoms with Crippen LogP contribution in [-0.4, -0.2) is 39.5 Å². The van der Waals surface area contributed by atoms with Crippen molar-refractivity contribution in [3.63, 3.8) is 0 Å². The molecule has 2 aliphatic carbocycles. The Morgan fingerprint density at radius 3 is 1.22 bits per heavy atom. The van der Waals surface area contributed by atoms with Crippen molar-refractivity contribution >= 4 is 24.8 Å². The van der Waals surface area contributed by atoms with E-state index in [2.05, 4.69) is 0 Å². The zero-order valence-corrected chi connectivity index (χ0v) is 13.0. The summed E-state index contributed by atoms with van der Waals surface area (Å²) in [4.78, 5) is 0. The van der Waals surface area contributed by atoms with Gasteiger partial charge in [-0.05, 0) is 37.5 Å². The minimum atomic E-state index is 0. The standard InChI is InChI=1S/2C6H13NO.2ClH/c2*1-8-4-5-2-6(7)3-5;;/h2*5-6H,2-4,7H2,1H3;2*1H. The lowest BCUT2D eigenvalue weighted by atomic mass is 9.82. The maximum atomic E-state index is 5.54. The molecule has 2 aliphatic rings. The Morgan fingerprint density at radius 1 is 0.778 bits per heavy atom. The van der Waals surface area contributed by atoms with Crippen molar-refractivity contribution < 1.29 is 9.47 Å². The van der Waals surface area contributed by atoms with Gasteiger partial charge in [-0.25, -0.2) is 0 Å². The zero-order chi connectivity index (χ0) is 12.0. The topological polar surface area (TPSA) is 70.5 Å². The lowest BCUT2D eigenvalue weighted by Crippen LogP contribution is -2.38. The molecule has 2 saturated carbocycles. The monoisotopic (exact) mass is 302 g/mol. The lowest BCUT2D eigenvalue weighted by Gasteiger charge is -2.31. The van der Waals surface area contributed by atoms with E-state index in [1.165, 1.54) is 0 Å². The molecule has 4 N–H and O–H groups in total. The Labute approximate surface area is 123 Å². The SMILES string of the molecule is COCC1CC(N)C1.COCC1CC(N)C1.Cl.Cl. The van der Waals surface area contributed by atoms with Crippen LogP contribution in [0.2, 0.25) is 0 Å². The molecule has 112 valence electrons. The zero-order valence-electron chi connectivity index (χ0n) is 11.3. The maximum absolute atomic E-state index is 5.54. The second kappa shape index (κ2) is 11.3. The van der Waals surface area contributed by atoms with E-state index in [0.29, 0.717) is 12.1 Å². The van der Waals surface area contributed by atoms with Gasteiger partial charge in [0.15, 0.2) is 0 Å². The van der Waals surface area contributed by atoms with Crippen LogP contribution in [0.5, 0.6) is 0 Å². The van der Waals surface area contributed by atoms with Gasteiger partial charge < -0.3 is 20.9 Å². The molecule has 0 aliphatic heterocycles. The van der Waals surface area contributed by atoms with E-state index in [1.54, 1.807) is 14.2 Å². The molecule has 0 aromatic heterocycles. The average Bonchev–Trinajstić information content (AvgIpc) is 2.15. The first kappa shape index (κ1) is 20.7. The summed E-state index contributed by atoms with van der Waals surface area (Å²) in [6.07, 6.45) is 4.64. The molecule has 0 saturated heterocycles. The van der Waals surface area contributed by atoms with E-state index in [1.807, 2.05) is 0 Å². The molecule has 4 nitrogen and oxygen atoms in total. The first-order valence-electron chi connectivity index (χ1n) is 6.14. The summed E-state index contributed by atoms with van der Waals surface area (Å²) in [5.74, 6) is 1.52. The van der Waals surface area contributed by atoms with Crippen molar-refractivity contribution in [1.29, 1.82) is 0 Å². The molecule has 0 aromatic rings. The molecule has 18 heavy (non-hydrogen) atoms. The van der Waals surface area contributed by atoms with Crippen LogP contribution in [0.4, 0.5) is 0 Å². The maximum Gasteiger partial charge on any atom is 0.0491 e. The van der Waals surface area contributed by atoms with Crippen molar-refractivity contribution in [3.8, 4) is 0 Å². The van der Waals surface area contributed by atoms with E-state index in [9.17, 15) is 0 Å². The minimum absolute atomic E-state index is 0. The molecule has 0 radical (unpaired) electrons. The molecule has 0 amide bonds. The first-order chi connectivity index (χ1) is 7.65. The first-order valence-corrected chi connectivity index (χ1v) is 6.14. The fraction of sp³-hybridized carbons (Fsp3) is 1.00. The van der Waals surface area contributed by atoms with Crippen LogP contribution in [0.1, 0.15) is 25.7 Å². The van der Waals surface area contributed by atoms with Gasteiger partial charge >= 0.3 is 0 Å². The van der Waals surface area contributed by atoms with Crippen LogP contribution in [-0.2, 0) is 9.47 Å². The fourth-order valence-electron chi connectivity index (χ4n) is 2.32. The van der Waals surface area contributed by atoms with Crippen LogP contribution < -0.4 is 11.5 Å². The molecule has 0 unspecified atom stereocenters. The van der Waals surface area contributed by atoms with Crippen molar-refractivity contribution in [2.45, 2.75) is 37.8 Å². The third-order valence-electron chi connectivity index (χ3n) is 3.35. The number of methoxy groups -OCH3 is 2. The Balaban J connectivity index is 0. The number of rotatable bonds is 4. The number of nitrogens with two attached hydrogens (primary N) is 2. The summed E-state index contributed by atoms with van der Waals surface area (Å²) in [5.41, 5.74) is 11.1. The summed E-state index contributed by atoms with van der Waals surface area (Å²) >= 11 is 0. The van der Waals surface area contributed by atoms with Crippen molar-refractivity contribution in [1.82, 2.24) is 0 Å². The Bertz CT molecular complexity index is 161. The summed E-state index contributed by atoms with van der Waals surface area (Å²) in [6.45, 7) is 1.79. The van der Waals surface area contributed by atoms with E-state index >= 15 is 0 Å². The summed E-state index contributed by atoms with van der Waals surface area (Å²) in [6, 6.07) is 0.935. The van der Waals surface area contributed by atoms with Crippen molar-refractivity contribution in [2.75, 3.05) is 27.4 Å². The predicted octanol–water partition coefficient (Wildman–Crippen LogP) is 1.58. The van der Waals surface area contributed by atoms with Crippen LogP contribution in [0.25, 0.3) is 0 Å². The molecular weight excluding hydrogens is 275 g/mol. The van der Waals surface area contributed by atoms with Crippen LogP contribution in [0.15, 0.2) is 0 Å². The number of ether oxygens (including phenoxy) is 2. The summed E-state index contributed by atoms with van der Waals surface area (Å²) in [5, 5.41) is 0. The van der Waals surface area contributed by atoms with Gasteiger partial charge in [0.05, 0.1) is 0 Å². The highest BCUT2D eigenvalue weighted by molar-refractivity contribution is 5.85. The number of hydrogen-bond donors (Lipinski definition) is 2. The summed E-state index contributed by atoms with van der Waals surface area (Å²) in [7, 11) is 3.48. The van der Waals surface area contributed by atoms with Gasteiger partial charge in [-0.3, -0.25) is 0 Å². The van der Waals surface area contributed by atoms with Gasteiger partial charge in [-0.2, -0.15) is 0 Å². The highest BCUT2D eigenvalue weighted by Gasteiger charge is 2.25. The predicted molar refractivity (Wildman–Crippen MR) is 79.6 cm³/mol. The quantitative estimate of drug-likeness (QED) is 0.827. The lowest BCUT2D eigenvalue weighted by molar-refractivity contribution is 0.0994. The average molecular weight is 303 g/mol. The Morgan fingerprint density at radius 2 is 1.06 bits per heavy atom. The van der Waals surface area contributed by atoms with E-state index < -0.39 is 0 Å². The molecule has 0 aromatic carbocycles. The largest absolute Gasteiger partial charge is 0.384 e. The molecule has 2 fully saturated rings. The Hall–Kier alpha value is 0.420. The minimum Gasteiger partial charge on any atom is -0.384 e. The summed E-state index contributed by atoms with van der Waals surface area (Å²) < 4.78 is 9.88. The second-order valence-corrected chi connectivity index (χ2v) is 5.11. The van der Waals surface area contributed by atoms with Gasteiger partial charge in [-0.1, -0.05) is 0 Å². The third kappa shape index (κ3) is 7.77. The highest BCUT2D eigenvalue weighted by atomic mass is 35.5. The number of hydrogen-bond acceptors (Lipinski definition) is 4. The normalized spacial score (nSPS) is 32.7. The molecule has 0 spiro atoms. The third-order valence-corrected chi connectivity index (χ3v) is 3.35. The van der Waals surface area contributed by atoms with Gasteiger partial charge in [0.1, 0.15) is 0 Å². The second-order valence-electron chi connectivity index (χ2n) is 5.11. The molecular formula is C12H28Cl2N2O2. The van der Waals surface area contributed by atoms with E-state index in [0.717, 1.165) is 50.7 Å². The molecule has 2 rings (SSSR count). The molecule has 0 atom stereocenters. The fourth-order valence-corrected chi connectivity index (χ4v) is 2.32. The van der Waals surface area contributed by atoms with Crippen molar-refractivity contribution in [3.05, 3.63) is 0 Å². The van der Waals surface area contributed by atoms with Crippen LogP contribution >= 0.6 is 24.8 Å². The molecule has 6 heteroatoms. The van der Waals surface area contributed by atoms with E-state index in [4.69, 9.17) is 20.9 Å². The molecule has 0 bridgehead atoms.